The molecule has 3 atom stereocenters. The first-order valence-corrected chi connectivity index (χ1v) is 13.7. The minimum atomic E-state index is -0.412. The van der Waals surface area contributed by atoms with Crippen LogP contribution in [0.5, 0.6) is 11.5 Å². The van der Waals surface area contributed by atoms with Gasteiger partial charge in [-0.25, -0.2) is 4.79 Å². The van der Waals surface area contributed by atoms with Crippen LogP contribution >= 0.6 is 0 Å². The van der Waals surface area contributed by atoms with Crippen LogP contribution in [-0.4, -0.2) is 77.8 Å². The first kappa shape index (κ1) is 29.8. The van der Waals surface area contributed by atoms with Crippen molar-refractivity contribution in [3.63, 3.8) is 0 Å². The third kappa shape index (κ3) is 8.18. The molecular formula is C31H39N5O5. The number of carbonyl (C=O) groups excluding carboxylic acids is 2. The van der Waals surface area contributed by atoms with E-state index >= 15 is 0 Å². The van der Waals surface area contributed by atoms with E-state index in [9.17, 15) is 14.7 Å². The quantitative estimate of drug-likeness (QED) is 0.361. The number of likely N-dealkylation sites (N-methyl/N-ethyl adjacent to an activating group) is 1. The number of nitrogens with one attached hydrogen (secondary N) is 2. The van der Waals surface area contributed by atoms with Gasteiger partial charge in [-0.1, -0.05) is 6.92 Å². The Labute approximate surface area is 241 Å². The molecule has 2 aromatic carbocycles. The lowest BCUT2D eigenvalue weighted by Gasteiger charge is -2.34. The van der Waals surface area contributed by atoms with E-state index in [1.807, 2.05) is 26.1 Å². The molecular weight excluding hydrogens is 522 g/mol. The molecule has 0 radical (unpaired) electrons. The lowest BCUT2D eigenvalue weighted by Crippen LogP contribution is -2.47. The molecule has 1 aliphatic heterocycles. The number of aromatic nitrogens is 1. The molecule has 3 aromatic rings. The van der Waals surface area contributed by atoms with E-state index in [-0.39, 0.29) is 37.0 Å². The second-order valence-electron chi connectivity index (χ2n) is 10.6. The van der Waals surface area contributed by atoms with Gasteiger partial charge in [0.05, 0.1) is 26.2 Å². The summed E-state index contributed by atoms with van der Waals surface area (Å²) in [5.74, 6) is 1.19. The van der Waals surface area contributed by atoms with Gasteiger partial charge in [-0.05, 0) is 74.1 Å². The molecule has 0 aliphatic carbocycles. The van der Waals surface area contributed by atoms with Crippen LogP contribution in [0.25, 0.3) is 0 Å². The number of nitrogens with zero attached hydrogens (tertiary/aromatic N) is 3. The summed E-state index contributed by atoms with van der Waals surface area (Å²) < 4.78 is 11.8. The monoisotopic (exact) mass is 561 g/mol. The van der Waals surface area contributed by atoms with E-state index in [2.05, 4.69) is 27.4 Å². The van der Waals surface area contributed by atoms with Crippen molar-refractivity contribution in [1.82, 2.24) is 14.8 Å². The summed E-state index contributed by atoms with van der Waals surface area (Å²) in [6.07, 6.45) is 3.42. The van der Waals surface area contributed by atoms with Gasteiger partial charge in [-0.15, -0.1) is 0 Å². The van der Waals surface area contributed by atoms with E-state index in [4.69, 9.17) is 9.47 Å². The Balaban J connectivity index is 1.54. The van der Waals surface area contributed by atoms with Gasteiger partial charge >= 0.3 is 6.03 Å². The molecule has 2 heterocycles. The van der Waals surface area contributed by atoms with Gasteiger partial charge in [0.1, 0.15) is 17.6 Å². The Morgan fingerprint density at radius 2 is 1.83 bits per heavy atom. The fraction of sp³-hybridized carbons (Fsp3) is 0.387. The molecule has 0 bridgehead atoms. The number of aliphatic hydroxyl groups is 1. The number of hydrogen-bond donors (Lipinski definition) is 3. The van der Waals surface area contributed by atoms with Crippen LogP contribution in [0.2, 0.25) is 0 Å². The number of ether oxygens (including phenoxy) is 2. The van der Waals surface area contributed by atoms with E-state index in [1.165, 1.54) is 0 Å². The second kappa shape index (κ2) is 14.0. The lowest BCUT2D eigenvalue weighted by molar-refractivity contribution is -0.134. The Kier molecular flexibility index (Phi) is 10.2. The van der Waals surface area contributed by atoms with Gasteiger partial charge in [0.25, 0.3) is 0 Å². The average Bonchev–Trinajstić information content (AvgIpc) is 3.01. The molecule has 0 fully saturated rings. The summed E-state index contributed by atoms with van der Waals surface area (Å²) in [6.45, 7) is 5.59. The molecule has 218 valence electrons. The summed E-state index contributed by atoms with van der Waals surface area (Å²) in [7, 11) is 3.62. The zero-order valence-electron chi connectivity index (χ0n) is 24.0. The number of benzene rings is 2. The van der Waals surface area contributed by atoms with Gasteiger partial charge in [0, 0.05) is 54.9 Å². The van der Waals surface area contributed by atoms with E-state index in [0.29, 0.717) is 41.5 Å². The maximum absolute atomic E-state index is 13.5. The maximum atomic E-state index is 13.5. The van der Waals surface area contributed by atoms with Crippen LogP contribution in [0.1, 0.15) is 25.0 Å². The fourth-order valence-corrected chi connectivity index (χ4v) is 4.86. The fourth-order valence-electron chi connectivity index (χ4n) is 4.86. The minimum Gasteiger partial charge on any atom is -0.497 e. The number of amides is 3. The molecule has 3 N–H and O–H groups in total. The first-order valence-electron chi connectivity index (χ1n) is 13.7. The molecule has 1 aliphatic rings. The van der Waals surface area contributed by atoms with E-state index < -0.39 is 6.03 Å². The molecule has 1 aromatic heterocycles. The SMILES string of the molecule is COc1ccc(NC(=O)Nc2ccc3c(c2)CC(=O)N(C(C)CO)C[C@@H](C)[C@H](CN(C)Cc2ccncc2)O3)cc1. The molecule has 10 heteroatoms. The molecule has 0 saturated carbocycles. The third-order valence-electron chi connectivity index (χ3n) is 7.22. The summed E-state index contributed by atoms with van der Waals surface area (Å²) >= 11 is 0. The normalized spacial score (nSPS) is 17.9. The van der Waals surface area contributed by atoms with Crippen molar-refractivity contribution < 1.29 is 24.2 Å². The highest BCUT2D eigenvalue weighted by molar-refractivity contribution is 6.00. The summed E-state index contributed by atoms with van der Waals surface area (Å²) in [4.78, 5) is 34.2. The number of rotatable bonds is 9. The second-order valence-corrected chi connectivity index (χ2v) is 10.6. The molecule has 4 rings (SSSR count). The van der Waals surface area contributed by atoms with Crippen molar-refractivity contribution in [2.24, 2.45) is 5.92 Å². The van der Waals surface area contributed by atoms with Gasteiger partial charge in [-0.2, -0.15) is 0 Å². The van der Waals surface area contributed by atoms with Crippen LogP contribution in [-0.2, 0) is 17.8 Å². The zero-order valence-corrected chi connectivity index (χ0v) is 24.0. The van der Waals surface area contributed by atoms with Crippen LogP contribution in [0.4, 0.5) is 16.2 Å². The van der Waals surface area contributed by atoms with Crippen LogP contribution in [0.3, 0.4) is 0 Å². The molecule has 1 unspecified atom stereocenters. The molecule has 41 heavy (non-hydrogen) atoms. The summed E-state index contributed by atoms with van der Waals surface area (Å²) in [6, 6.07) is 15.6. The molecule has 10 nitrogen and oxygen atoms in total. The standard InChI is InChI=1S/C31H39N5O5/c1-21-17-36(22(2)20-37)30(38)16-24-15-26(34-31(39)33-25-5-8-27(40-4)9-6-25)7-10-28(24)41-29(21)19-35(3)18-23-11-13-32-14-12-23/h5-15,21-22,29,37H,16-20H2,1-4H3,(H2,33,34,39)/t21-,22?,29+/m1/s1. The average molecular weight is 562 g/mol. The topological polar surface area (TPSA) is 116 Å². The highest BCUT2D eigenvalue weighted by atomic mass is 16.5. The summed E-state index contributed by atoms with van der Waals surface area (Å²) in [5, 5.41) is 15.5. The minimum absolute atomic E-state index is 0.00753. The van der Waals surface area contributed by atoms with Crippen molar-refractivity contribution in [3.05, 3.63) is 78.1 Å². The summed E-state index contributed by atoms with van der Waals surface area (Å²) in [5.41, 5.74) is 2.97. The molecule has 3 amide bonds. The number of hydrogen-bond acceptors (Lipinski definition) is 7. The maximum Gasteiger partial charge on any atom is 0.323 e. The molecule has 0 saturated heterocycles. The number of carbonyl (C=O) groups is 2. The molecule has 0 spiro atoms. The number of aliphatic hydroxyl groups excluding tert-OH is 1. The van der Waals surface area contributed by atoms with Crippen molar-refractivity contribution in [2.45, 2.75) is 39.0 Å². The number of methoxy groups -OCH3 is 1. The Morgan fingerprint density at radius 3 is 2.51 bits per heavy atom. The van der Waals surface area contributed by atoms with Crippen molar-refractivity contribution in [3.8, 4) is 11.5 Å². The predicted molar refractivity (Wildman–Crippen MR) is 158 cm³/mol. The van der Waals surface area contributed by atoms with Crippen LogP contribution in [0.15, 0.2) is 67.0 Å². The zero-order chi connectivity index (χ0) is 29.4. The number of urea groups is 1. The van der Waals surface area contributed by atoms with E-state index in [1.54, 1.807) is 66.9 Å². The van der Waals surface area contributed by atoms with Crippen LogP contribution in [0, 0.1) is 5.92 Å². The van der Waals surface area contributed by atoms with Crippen molar-refractivity contribution in [2.75, 3.05) is 44.5 Å². The Bertz CT molecular complexity index is 1300. The highest BCUT2D eigenvalue weighted by Gasteiger charge is 2.31. The Morgan fingerprint density at radius 1 is 1.15 bits per heavy atom. The largest absolute Gasteiger partial charge is 0.497 e. The van der Waals surface area contributed by atoms with Crippen molar-refractivity contribution >= 4 is 23.3 Å². The lowest BCUT2D eigenvalue weighted by atomic mass is 10.0. The van der Waals surface area contributed by atoms with Crippen LogP contribution < -0.4 is 20.1 Å². The van der Waals surface area contributed by atoms with Gasteiger partial charge < -0.3 is 30.1 Å². The number of anilines is 2. The van der Waals surface area contributed by atoms with Gasteiger partial charge in [0.15, 0.2) is 0 Å². The Hall–Kier alpha value is -4.15. The van der Waals surface area contributed by atoms with Gasteiger partial charge in [0.2, 0.25) is 5.91 Å². The first-order chi connectivity index (χ1) is 19.7. The highest BCUT2D eigenvalue weighted by Crippen LogP contribution is 2.29. The van der Waals surface area contributed by atoms with E-state index in [0.717, 1.165) is 12.1 Å². The smallest absolute Gasteiger partial charge is 0.323 e. The third-order valence-corrected chi connectivity index (χ3v) is 7.22. The number of pyridine rings is 1. The predicted octanol–water partition coefficient (Wildman–Crippen LogP) is 4.02. The van der Waals surface area contributed by atoms with Gasteiger partial charge in [-0.3, -0.25) is 14.7 Å². The van der Waals surface area contributed by atoms with Crippen molar-refractivity contribution in [1.29, 1.82) is 0 Å². The number of fused-ring (bicyclic) bond motifs is 1.